The quantitative estimate of drug-likeness (QED) is 0.809. The summed E-state index contributed by atoms with van der Waals surface area (Å²) in [6.07, 6.45) is 3.84. The van der Waals surface area contributed by atoms with E-state index in [2.05, 4.69) is 22.0 Å². The zero-order valence-corrected chi connectivity index (χ0v) is 16.6. The van der Waals surface area contributed by atoms with Crippen LogP contribution in [0.25, 0.3) is 0 Å². The Bertz CT molecular complexity index is 853. The van der Waals surface area contributed by atoms with Crippen molar-refractivity contribution in [2.75, 3.05) is 18.6 Å². The summed E-state index contributed by atoms with van der Waals surface area (Å²) in [7, 11) is -1.77. The number of hydrogen-bond donors (Lipinski definition) is 0. The van der Waals surface area contributed by atoms with E-state index in [9.17, 15) is 8.42 Å². The average Bonchev–Trinajstić information content (AvgIpc) is 3.10. The second-order valence-electron chi connectivity index (χ2n) is 7.60. The van der Waals surface area contributed by atoms with E-state index in [-0.39, 0.29) is 11.1 Å². The van der Waals surface area contributed by atoms with Gasteiger partial charge in [-0.05, 0) is 63.4 Å². The molecule has 26 heavy (non-hydrogen) atoms. The third-order valence-electron chi connectivity index (χ3n) is 4.89. The van der Waals surface area contributed by atoms with Gasteiger partial charge in [0.25, 0.3) is 0 Å². The van der Waals surface area contributed by atoms with Crippen molar-refractivity contribution in [3.8, 4) is 5.75 Å². The van der Waals surface area contributed by atoms with Crippen LogP contribution in [-0.4, -0.2) is 31.8 Å². The van der Waals surface area contributed by atoms with Crippen LogP contribution < -0.4 is 9.64 Å². The Morgan fingerprint density at radius 3 is 2.35 bits per heavy atom. The molecule has 0 unspecified atom stereocenters. The van der Waals surface area contributed by atoms with Gasteiger partial charge in [0.15, 0.2) is 14.9 Å². The van der Waals surface area contributed by atoms with Crippen LogP contribution >= 0.6 is 0 Å². The topological polar surface area (TPSA) is 59.5 Å². The van der Waals surface area contributed by atoms with E-state index in [0.29, 0.717) is 0 Å². The lowest BCUT2D eigenvalue weighted by Crippen LogP contribution is -2.29. The first-order chi connectivity index (χ1) is 12.2. The molecule has 5 nitrogen and oxygen atoms in total. The maximum atomic E-state index is 12.5. The monoisotopic (exact) mass is 374 g/mol. The fraction of sp³-hybridized carbons (Fsp3) is 0.450. The fourth-order valence-electron chi connectivity index (χ4n) is 3.26. The number of benzene rings is 1. The fourth-order valence-corrected chi connectivity index (χ4v) is 4.33. The normalized spacial score (nSPS) is 18.2. The first-order valence-electron chi connectivity index (χ1n) is 8.85. The Labute approximate surface area is 155 Å². The summed E-state index contributed by atoms with van der Waals surface area (Å²) in [5.74, 6) is 0.844. The van der Waals surface area contributed by atoms with Gasteiger partial charge in [-0.3, -0.25) is 0 Å². The van der Waals surface area contributed by atoms with Crippen molar-refractivity contribution in [1.82, 2.24) is 4.98 Å². The molecule has 0 aliphatic carbocycles. The molecule has 1 saturated heterocycles. The SMILES string of the molecule is COc1ccc([C@@H]2CCCN2c2ccc(S(=O)(=O)C(C)(C)C)nc2)cc1. The highest BCUT2D eigenvalue weighted by Crippen LogP contribution is 2.36. The molecule has 0 saturated carbocycles. The molecule has 1 aromatic heterocycles. The van der Waals surface area contributed by atoms with Gasteiger partial charge in [-0.15, -0.1) is 0 Å². The Balaban J connectivity index is 1.86. The lowest BCUT2D eigenvalue weighted by Gasteiger charge is -2.27. The third-order valence-corrected chi connectivity index (χ3v) is 7.29. The summed E-state index contributed by atoms with van der Waals surface area (Å²) >= 11 is 0. The Morgan fingerprint density at radius 1 is 1.12 bits per heavy atom. The van der Waals surface area contributed by atoms with Gasteiger partial charge in [0.1, 0.15) is 5.75 Å². The Hall–Kier alpha value is -2.08. The highest BCUT2D eigenvalue weighted by atomic mass is 32.2. The van der Waals surface area contributed by atoms with E-state index in [1.807, 2.05) is 18.2 Å². The molecule has 2 heterocycles. The number of anilines is 1. The van der Waals surface area contributed by atoms with E-state index in [0.717, 1.165) is 30.8 Å². The molecule has 2 aromatic rings. The van der Waals surface area contributed by atoms with Crippen molar-refractivity contribution < 1.29 is 13.2 Å². The number of pyridine rings is 1. The third kappa shape index (κ3) is 3.43. The Kier molecular flexibility index (Phi) is 4.97. The molecule has 1 atom stereocenters. The summed E-state index contributed by atoms with van der Waals surface area (Å²) in [6.45, 7) is 6.01. The molecule has 6 heteroatoms. The van der Waals surface area contributed by atoms with Gasteiger partial charge in [-0.1, -0.05) is 12.1 Å². The molecular formula is C20H26N2O3S. The van der Waals surface area contributed by atoms with Crippen molar-refractivity contribution >= 4 is 15.5 Å². The van der Waals surface area contributed by atoms with Crippen LogP contribution in [0.1, 0.15) is 45.2 Å². The van der Waals surface area contributed by atoms with Crippen LogP contribution in [0, 0.1) is 0 Å². The predicted molar refractivity (Wildman–Crippen MR) is 103 cm³/mol. The van der Waals surface area contributed by atoms with Gasteiger partial charge in [0.2, 0.25) is 0 Å². The van der Waals surface area contributed by atoms with Crippen molar-refractivity contribution in [2.45, 2.75) is 49.4 Å². The van der Waals surface area contributed by atoms with Gasteiger partial charge in [-0.25, -0.2) is 13.4 Å². The number of ether oxygens (including phenoxy) is 1. The number of sulfone groups is 1. The summed E-state index contributed by atoms with van der Waals surface area (Å²) in [6, 6.07) is 11.9. The number of aromatic nitrogens is 1. The van der Waals surface area contributed by atoms with E-state index in [1.165, 1.54) is 5.56 Å². The van der Waals surface area contributed by atoms with Gasteiger partial charge < -0.3 is 9.64 Å². The van der Waals surface area contributed by atoms with Gasteiger partial charge in [-0.2, -0.15) is 0 Å². The molecule has 1 aliphatic heterocycles. The largest absolute Gasteiger partial charge is 0.497 e. The summed E-state index contributed by atoms with van der Waals surface area (Å²) in [5, 5.41) is 0.133. The van der Waals surface area contributed by atoms with Gasteiger partial charge >= 0.3 is 0 Å². The number of nitrogens with zero attached hydrogens (tertiary/aromatic N) is 2. The van der Waals surface area contributed by atoms with Crippen LogP contribution in [0.2, 0.25) is 0 Å². The highest BCUT2D eigenvalue weighted by Gasteiger charge is 2.32. The van der Waals surface area contributed by atoms with E-state index in [1.54, 1.807) is 40.1 Å². The van der Waals surface area contributed by atoms with Gasteiger partial charge in [0.05, 0.1) is 29.8 Å². The van der Waals surface area contributed by atoms with Crippen LogP contribution in [0.5, 0.6) is 5.75 Å². The minimum atomic E-state index is -3.43. The molecule has 3 rings (SSSR count). The molecule has 1 fully saturated rings. The average molecular weight is 375 g/mol. The van der Waals surface area contributed by atoms with Crippen LogP contribution in [-0.2, 0) is 9.84 Å². The van der Waals surface area contributed by atoms with Crippen LogP contribution in [0.4, 0.5) is 5.69 Å². The van der Waals surface area contributed by atoms with Gasteiger partial charge in [0, 0.05) is 6.54 Å². The zero-order chi connectivity index (χ0) is 18.9. The molecule has 140 valence electrons. The second kappa shape index (κ2) is 6.91. The first-order valence-corrected chi connectivity index (χ1v) is 10.3. The minimum absolute atomic E-state index is 0.133. The zero-order valence-electron chi connectivity index (χ0n) is 15.8. The van der Waals surface area contributed by atoms with E-state index in [4.69, 9.17) is 4.74 Å². The van der Waals surface area contributed by atoms with E-state index >= 15 is 0 Å². The summed E-state index contributed by atoms with van der Waals surface area (Å²) in [4.78, 5) is 6.56. The van der Waals surface area contributed by atoms with Crippen molar-refractivity contribution in [2.24, 2.45) is 0 Å². The van der Waals surface area contributed by atoms with Crippen LogP contribution in [0.15, 0.2) is 47.6 Å². The van der Waals surface area contributed by atoms with Crippen molar-refractivity contribution in [1.29, 1.82) is 0 Å². The Morgan fingerprint density at radius 2 is 1.81 bits per heavy atom. The molecule has 0 spiro atoms. The summed E-state index contributed by atoms with van der Waals surface area (Å²) < 4.78 is 29.5. The molecule has 0 bridgehead atoms. The van der Waals surface area contributed by atoms with E-state index < -0.39 is 14.6 Å². The number of methoxy groups -OCH3 is 1. The molecule has 0 amide bonds. The second-order valence-corrected chi connectivity index (χ2v) is 10.2. The summed E-state index contributed by atoms with van der Waals surface area (Å²) in [5.41, 5.74) is 2.19. The lowest BCUT2D eigenvalue weighted by molar-refractivity contribution is 0.414. The minimum Gasteiger partial charge on any atom is -0.497 e. The number of hydrogen-bond acceptors (Lipinski definition) is 5. The molecule has 0 radical (unpaired) electrons. The molecule has 0 N–H and O–H groups in total. The lowest BCUT2D eigenvalue weighted by atomic mass is 10.0. The van der Waals surface area contributed by atoms with Crippen molar-refractivity contribution in [3.63, 3.8) is 0 Å². The molecular weight excluding hydrogens is 348 g/mol. The predicted octanol–water partition coefficient (Wildman–Crippen LogP) is 4.00. The van der Waals surface area contributed by atoms with Crippen molar-refractivity contribution in [3.05, 3.63) is 48.2 Å². The number of rotatable bonds is 4. The molecule has 1 aromatic carbocycles. The molecule has 1 aliphatic rings. The first kappa shape index (κ1) is 18.7. The maximum Gasteiger partial charge on any atom is 0.200 e. The van der Waals surface area contributed by atoms with Crippen LogP contribution in [0.3, 0.4) is 0 Å². The standard InChI is InChI=1S/C20H26N2O3S/c1-20(2,3)26(23,24)19-12-9-16(14-21-19)22-13-5-6-18(22)15-7-10-17(25-4)11-8-15/h7-12,14,18H,5-6,13H2,1-4H3/t18-/m0/s1. The maximum absolute atomic E-state index is 12.5. The highest BCUT2D eigenvalue weighted by molar-refractivity contribution is 7.92. The smallest absolute Gasteiger partial charge is 0.200 e.